The lowest BCUT2D eigenvalue weighted by Gasteiger charge is -2.35. The van der Waals surface area contributed by atoms with Crippen molar-refractivity contribution >= 4 is 0 Å². The van der Waals surface area contributed by atoms with Crippen molar-refractivity contribution < 1.29 is 9.13 Å². The van der Waals surface area contributed by atoms with Crippen LogP contribution in [-0.2, 0) is 11.3 Å². The van der Waals surface area contributed by atoms with Gasteiger partial charge in [0.05, 0.1) is 6.61 Å². The van der Waals surface area contributed by atoms with Crippen molar-refractivity contribution in [1.82, 2.24) is 4.90 Å². The van der Waals surface area contributed by atoms with Crippen LogP contribution >= 0.6 is 0 Å². The smallest absolute Gasteiger partial charge is 0.123 e. The van der Waals surface area contributed by atoms with Crippen molar-refractivity contribution in [3.05, 3.63) is 35.6 Å². The zero-order valence-electron chi connectivity index (χ0n) is 11.5. The summed E-state index contributed by atoms with van der Waals surface area (Å²) >= 11 is 0. The molecule has 0 bridgehead atoms. The fraction of sp³-hybridized carbons (Fsp3) is 0.600. The standard InChI is InChI=1S/C15H23FN2O/c1-18(10-12-4-6-14(16)7-5-12)15(9-17)13-3-2-8-19-11-13/h4-7,13,15H,2-3,8-11,17H2,1H3. The Hall–Kier alpha value is -0.970. The van der Waals surface area contributed by atoms with Gasteiger partial charge in [0.2, 0.25) is 0 Å². The SMILES string of the molecule is CN(Cc1ccc(F)cc1)C(CN)C1CCCOC1. The number of nitrogens with two attached hydrogens (primary N) is 1. The van der Waals surface area contributed by atoms with Gasteiger partial charge in [-0.15, -0.1) is 0 Å². The van der Waals surface area contributed by atoms with Gasteiger partial charge in [0.15, 0.2) is 0 Å². The van der Waals surface area contributed by atoms with Crippen LogP contribution in [0, 0.1) is 11.7 Å². The van der Waals surface area contributed by atoms with Gasteiger partial charge >= 0.3 is 0 Å². The van der Waals surface area contributed by atoms with E-state index in [1.54, 1.807) is 0 Å². The van der Waals surface area contributed by atoms with E-state index >= 15 is 0 Å². The highest BCUT2D eigenvalue weighted by atomic mass is 19.1. The number of hydrogen-bond donors (Lipinski definition) is 1. The zero-order valence-corrected chi connectivity index (χ0v) is 11.5. The minimum absolute atomic E-state index is 0.192. The Morgan fingerprint density at radius 1 is 1.42 bits per heavy atom. The predicted octanol–water partition coefficient (Wildman–Crippen LogP) is 2.01. The molecule has 0 spiro atoms. The molecule has 4 heteroatoms. The van der Waals surface area contributed by atoms with E-state index in [1.165, 1.54) is 18.6 Å². The van der Waals surface area contributed by atoms with Gasteiger partial charge in [-0.3, -0.25) is 4.90 Å². The highest BCUT2D eigenvalue weighted by Gasteiger charge is 2.26. The summed E-state index contributed by atoms with van der Waals surface area (Å²) in [6, 6.07) is 6.99. The van der Waals surface area contributed by atoms with Crippen LogP contribution in [0.25, 0.3) is 0 Å². The molecule has 1 heterocycles. The fourth-order valence-corrected chi connectivity index (χ4v) is 2.80. The minimum Gasteiger partial charge on any atom is -0.381 e. The van der Waals surface area contributed by atoms with Crippen molar-refractivity contribution in [3.8, 4) is 0 Å². The van der Waals surface area contributed by atoms with Crippen LogP contribution in [-0.4, -0.2) is 37.7 Å². The number of ether oxygens (including phenoxy) is 1. The monoisotopic (exact) mass is 266 g/mol. The van der Waals surface area contributed by atoms with Gasteiger partial charge in [-0.05, 0) is 43.5 Å². The van der Waals surface area contributed by atoms with E-state index in [0.29, 0.717) is 18.5 Å². The second kappa shape index (κ2) is 6.98. The van der Waals surface area contributed by atoms with E-state index in [1.807, 2.05) is 12.1 Å². The molecule has 0 saturated carbocycles. The van der Waals surface area contributed by atoms with Gasteiger partial charge in [0, 0.05) is 25.7 Å². The van der Waals surface area contributed by atoms with E-state index in [0.717, 1.165) is 31.7 Å². The molecule has 106 valence electrons. The van der Waals surface area contributed by atoms with Crippen molar-refractivity contribution in [2.75, 3.05) is 26.8 Å². The molecule has 1 aromatic carbocycles. The molecule has 1 fully saturated rings. The third kappa shape index (κ3) is 4.00. The molecule has 0 aliphatic carbocycles. The second-order valence-electron chi connectivity index (χ2n) is 5.32. The molecule has 2 N–H and O–H groups in total. The molecule has 1 aliphatic rings. The van der Waals surface area contributed by atoms with Crippen LogP contribution in [0.15, 0.2) is 24.3 Å². The molecular formula is C15H23FN2O. The number of likely N-dealkylation sites (N-methyl/N-ethyl adjacent to an activating group) is 1. The Kier molecular flexibility index (Phi) is 5.31. The molecule has 0 radical (unpaired) electrons. The third-order valence-corrected chi connectivity index (χ3v) is 3.89. The molecule has 2 atom stereocenters. The first-order valence-corrected chi connectivity index (χ1v) is 6.93. The van der Waals surface area contributed by atoms with Gasteiger partial charge in [-0.1, -0.05) is 12.1 Å². The summed E-state index contributed by atoms with van der Waals surface area (Å²) in [5, 5.41) is 0. The number of rotatable bonds is 5. The molecule has 0 aromatic heterocycles. The maximum atomic E-state index is 12.9. The van der Waals surface area contributed by atoms with Crippen LogP contribution in [0.2, 0.25) is 0 Å². The van der Waals surface area contributed by atoms with E-state index in [-0.39, 0.29) is 5.82 Å². The van der Waals surface area contributed by atoms with Crippen molar-refractivity contribution in [1.29, 1.82) is 0 Å². The van der Waals surface area contributed by atoms with Crippen LogP contribution in [0.1, 0.15) is 18.4 Å². The molecule has 19 heavy (non-hydrogen) atoms. The van der Waals surface area contributed by atoms with Gasteiger partial charge < -0.3 is 10.5 Å². The Morgan fingerprint density at radius 2 is 2.16 bits per heavy atom. The first-order valence-electron chi connectivity index (χ1n) is 6.93. The van der Waals surface area contributed by atoms with Crippen molar-refractivity contribution in [2.24, 2.45) is 11.7 Å². The first-order chi connectivity index (χ1) is 9.20. The molecule has 1 aromatic rings. The summed E-state index contributed by atoms with van der Waals surface area (Å²) in [5.41, 5.74) is 7.04. The van der Waals surface area contributed by atoms with Crippen LogP contribution < -0.4 is 5.73 Å². The summed E-state index contributed by atoms with van der Waals surface area (Å²) < 4.78 is 18.4. The lowest BCUT2D eigenvalue weighted by Crippen LogP contribution is -2.45. The maximum absolute atomic E-state index is 12.9. The van der Waals surface area contributed by atoms with Gasteiger partial charge in [0.25, 0.3) is 0 Å². The topological polar surface area (TPSA) is 38.5 Å². The summed E-state index contributed by atoms with van der Waals surface area (Å²) in [5.74, 6) is 0.312. The average molecular weight is 266 g/mol. The van der Waals surface area contributed by atoms with Gasteiger partial charge in [-0.2, -0.15) is 0 Å². The number of hydrogen-bond acceptors (Lipinski definition) is 3. The summed E-state index contributed by atoms with van der Waals surface area (Å²) in [7, 11) is 2.08. The Morgan fingerprint density at radius 3 is 2.74 bits per heavy atom. The van der Waals surface area contributed by atoms with Crippen LogP contribution in [0.5, 0.6) is 0 Å². The maximum Gasteiger partial charge on any atom is 0.123 e. The van der Waals surface area contributed by atoms with E-state index < -0.39 is 0 Å². The van der Waals surface area contributed by atoms with E-state index in [2.05, 4.69) is 11.9 Å². The first kappa shape index (κ1) is 14.4. The van der Waals surface area contributed by atoms with Crippen LogP contribution in [0.3, 0.4) is 0 Å². The fourth-order valence-electron chi connectivity index (χ4n) is 2.80. The van der Waals surface area contributed by atoms with E-state index in [9.17, 15) is 4.39 Å². The van der Waals surface area contributed by atoms with Crippen molar-refractivity contribution in [3.63, 3.8) is 0 Å². The van der Waals surface area contributed by atoms with Gasteiger partial charge in [0.1, 0.15) is 5.82 Å². The average Bonchev–Trinajstić information content (AvgIpc) is 2.43. The highest BCUT2D eigenvalue weighted by Crippen LogP contribution is 2.21. The lowest BCUT2D eigenvalue weighted by atomic mass is 9.92. The molecule has 2 rings (SSSR count). The Balaban J connectivity index is 1.95. The minimum atomic E-state index is -0.192. The predicted molar refractivity (Wildman–Crippen MR) is 74.3 cm³/mol. The van der Waals surface area contributed by atoms with Crippen LogP contribution in [0.4, 0.5) is 4.39 Å². The quantitative estimate of drug-likeness (QED) is 0.886. The molecule has 1 saturated heterocycles. The third-order valence-electron chi connectivity index (χ3n) is 3.89. The van der Waals surface area contributed by atoms with Crippen molar-refractivity contribution in [2.45, 2.75) is 25.4 Å². The molecule has 3 nitrogen and oxygen atoms in total. The Bertz CT molecular complexity index is 376. The molecule has 0 amide bonds. The second-order valence-corrected chi connectivity index (χ2v) is 5.32. The number of nitrogens with zero attached hydrogens (tertiary/aromatic N) is 1. The zero-order chi connectivity index (χ0) is 13.7. The number of benzene rings is 1. The molecule has 2 unspecified atom stereocenters. The highest BCUT2D eigenvalue weighted by molar-refractivity contribution is 5.16. The Labute approximate surface area is 114 Å². The normalized spacial score (nSPS) is 21.6. The summed E-state index contributed by atoms with van der Waals surface area (Å²) in [4.78, 5) is 2.26. The largest absolute Gasteiger partial charge is 0.381 e. The van der Waals surface area contributed by atoms with E-state index in [4.69, 9.17) is 10.5 Å². The lowest BCUT2D eigenvalue weighted by molar-refractivity contribution is 0.0156. The summed E-state index contributed by atoms with van der Waals surface area (Å²) in [6.07, 6.45) is 2.29. The molecule has 1 aliphatic heterocycles. The number of halogens is 1. The van der Waals surface area contributed by atoms with Gasteiger partial charge in [-0.25, -0.2) is 4.39 Å². The summed E-state index contributed by atoms with van der Waals surface area (Å²) in [6.45, 7) is 3.09. The molecular weight excluding hydrogens is 243 g/mol.